The molecule has 0 saturated carbocycles. The van der Waals surface area contributed by atoms with Crippen molar-refractivity contribution in [1.29, 1.82) is 0 Å². The molecule has 2 N–H and O–H groups in total. The second kappa shape index (κ2) is 8.64. The fourth-order valence-electron chi connectivity index (χ4n) is 3.64. The summed E-state index contributed by atoms with van der Waals surface area (Å²) in [5.41, 5.74) is 3.83. The lowest BCUT2D eigenvalue weighted by molar-refractivity contribution is 0.0944. The molecule has 3 aromatic carbocycles. The first kappa shape index (κ1) is 19.4. The van der Waals surface area contributed by atoms with Crippen LogP contribution in [0.5, 0.6) is 0 Å². The Morgan fingerprint density at radius 1 is 0.931 bits per heavy atom. The summed E-state index contributed by atoms with van der Waals surface area (Å²) in [5.74, 6) is 0.311. The van der Waals surface area contributed by atoms with Crippen LogP contribution in [-0.2, 0) is 0 Å². The van der Waals surface area contributed by atoms with E-state index in [-0.39, 0.29) is 11.7 Å². The van der Waals surface area contributed by atoms with Gasteiger partial charge in [0.05, 0.1) is 6.04 Å². The Kier molecular flexibility index (Phi) is 5.79. The number of hydrogen-bond donors (Lipinski definition) is 2. The van der Waals surface area contributed by atoms with Crippen LogP contribution in [0.4, 0.5) is 0 Å². The third kappa shape index (κ3) is 4.26. The highest BCUT2D eigenvalue weighted by Crippen LogP contribution is 2.26. The number of halogens is 1. The zero-order chi connectivity index (χ0) is 20.2. The van der Waals surface area contributed by atoms with Crippen LogP contribution >= 0.6 is 11.6 Å². The maximum atomic E-state index is 13.5. The molecule has 146 valence electrons. The number of fused-ring (bicyclic) bond motifs is 1. The second-order valence-corrected chi connectivity index (χ2v) is 7.75. The van der Waals surface area contributed by atoms with E-state index >= 15 is 0 Å². The molecule has 4 aromatic rings. The summed E-state index contributed by atoms with van der Waals surface area (Å²) in [4.78, 5) is 16.7. The van der Waals surface area contributed by atoms with Crippen molar-refractivity contribution in [2.24, 2.45) is 0 Å². The van der Waals surface area contributed by atoms with Gasteiger partial charge in [-0.15, -0.1) is 0 Å². The van der Waals surface area contributed by atoms with Crippen LogP contribution < -0.4 is 5.32 Å². The van der Waals surface area contributed by atoms with Crippen LogP contribution in [0.2, 0.25) is 5.02 Å². The van der Waals surface area contributed by atoms with Gasteiger partial charge in [-0.2, -0.15) is 0 Å². The number of H-pyrrole nitrogens is 1. The normalized spacial score (nSPS) is 13.3. The summed E-state index contributed by atoms with van der Waals surface area (Å²) in [6.07, 6.45) is 1.81. The molecule has 29 heavy (non-hydrogen) atoms. The molecule has 1 heterocycles. The van der Waals surface area contributed by atoms with Crippen LogP contribution in [-0.4, -0.2) is 17.3 Å². The van der Waals surface area contributed by atoms with Gasteiger partial charge in [-0.1, -0.05) is 79.2 Å². The number of aromatic nitrogens is 1. The number of nitrogens with one attached hydrogen (secondary N) is 2. The van der Waals surface area contributed by atoms with E-state index in [0.29, 0.717) is 12.1 Å². The predicted octanol–water partition coefficient (Wildman–Crippen LogP) is 6.14. The first-order chi connectivity index (χ1) is 14.1. The van der Waals surface area contributed by atoms with Gasteiger partial charge in [-0.25, -0.2) is 0 Å². The maximum Gasteiger partial charge on any atom is 0.186 e. The molecule has 4 rings (SSSR count). The van der Waals surface area contributed by atoms with E-state index in [1.54, 1.807) is 0 Å². The monoisotopic (exact) mass is 402 g/mol. The lowest BCUT2D eigenvalue weighted by atomic mass is 9.95. The Balaban J connectivity index is 1.60. The van der Waals surface area contributed by atoms with Crippen LogP contribution in [0.3, 0.4) is 0 Å². The van der Waals surface area contributed by atoms with Gasteiger partial charge in [-0.05, 0) is 35.2 Å². The summed E-state index contributed by atoms with van der Waals surface area (Å²) in [6.45, 7) is 2.82. The van der Waals surface area contributed by atoms with Gasteiger partial charge in [0.25, 0.3) is 0 Å². The average molecular weight is 403 g/mol. The Hall–Kier alpha value is -2.88. The standard InChI is InChI=1S/C25H23ClN2O/c1-17(18-11-13-20(26)14-12-18)15-28-24(19-7-3-2-4-8-19)25(29)22-16-27-23-10-6-5-9-21(22)23/h2-14,16-17,24,27-28H,15H2,1H3/t17-,24-/m0/s1. The number of hydrogen-bond acceptors (Lipinski definition) is 2. The summed E-state index contributed by atoms with van der Waals surface area (Å²) < 4.78 is 0. The van der Waals surface area contributed by atoms with Crippen molar-refractivity contribution in [3.05, 3.63) is 107 Å². The highest BCUT2D eigenvalue weighted by molar-refractivity contribution is 6.30. The van der Waals surface area contributed by atoms with E-state index in [4.69, 9.17) is 11.6 Å². The van der Waals surface area contributed by atoms with Gasteiger partial charge in [0.1, 0.15) is 0 Å². The summed E-state index contributed by atoms with van der Waals surface area (Å²) in [7, 11) is 0. The molecule has 3 nitrogen and oxygen atoms in total. The largest absolute Gasteiger partial charge is 0.360 e. The third-order valence-corrected chi connectivity index (χ3v) is 5.57. The summed E-state index contributed by atoms with van der Waals surface area (Å²) in [5, 5.41) is 5.18. The van der Waals surface area contributed by atoms with Gasteiger partial charge >= 0.3 is 0 Å². The topological polar surface area (TPSA) is 44.9 Å². The molecule has 0 aliphatic heterocycles. The first-order valence-electron chi connectivity index (χ1n) is 9.77. The number of Topliss-reactive ketones (excluding diaryl/α,β-unsaturated/α-hetero) is 1. The molecule has 0 aliphatic carbocycles. The van der Waals surface area contributed by atoms with Crippen molar-refractivity contribution in [3.8, 4) is 0 Å². The highest BCUT2D eigenvalue weighted by Gasteiger charge is 2.24. The number of rotatable bonds is 7. The third-order valence-electron chi connectivity index (χ3n) is 5.32. The quantitative estimate of drug-likeness (QED) is 0.365. The van der Waals surface area contributed by atoms with Gasteiger partial charge in [0.2, 0.25) is 0 Å². The number of para-hydroxylation sites is 1. The predicted molar refractivity (Wildman–Crippen MR) is 120 cm³/mol. The minimum atomic E-state index is -0.412. The van der Waals surface area contributed by atoms with Crippen molar-refractivity contribution < 1.29 is 4.79 Å². The van der Waals surface area contributed by atoms with Crippen molar-refractivity contribution in [1.82, 2.24) is 10.3 Å². The molecule has 0 spiro atoms. The van der Waals surface area contributed by atoms with Crippen LogP contribution in [0.25, 0.3) is 10.9 Å². The average Bonchev–Trinajstić information content (AvgIpc) is 3.19. The number of aromatic amines is 1. The van der Waals surface area contributed by atoms with E-state index in [2.05, 4.69) is 17.2 Å². The molecular weight excluding hydrogens is 380 g/mol. The van der Waals surface area contributed by atoms with E-state index in [1.807, 2.05) is 85.1 Å². The van der Waals surface area contributed by atoms with Crippen molar-refractivity contribution in [3.63, 3.8) is 0 Å². The molecule has 2 atom stereocenters. The first-order valence-corrected chi connectivity index (χ1v) is 10.2. The highest BCUT2D eigenvalue weighted by atomic mass is 35.5. The summed E-state index contributed by atoms with van der Waals surface area (Å²) in [6, 6.07) is 25.3. The second-order valence-electron chi connectivity index (χ2n) is 7.32. The Labute approximate surface area is 175 Å². The van der Waals surface area contributed by atoms with E-state index < -0.39 is 6.04 Å². The van der Waals surface area contributed by atoms with Crippen molar-refractivity contribution in [2.45, 2.75) is 18.9 Å². The fourth-order valence-corrected chi connectivity index (χ4v) is 3.77. The van der Waals surface area contributed by atoms with Crippen LogP contribution in [0, 0.1) is 0 Å². The minimum absolute atomic E-state index is 0.0666. The Bertz CT molecular complexity index is 1100. The Morgan fingerprint density at radius 3 is 2.38 bits per heavy atom. The number of ketones is 1. The number of carbonyl (C=O) groups is 1. The van der Waals surface area contributed by atoms with Gasteiger partial charge in [0, 0.05) is 34.2 Å². The smallest absolute Gasteiger partial charge is 0.186 e. The number of carbonyl (C=O) groups excluding carboxylic acids is 1. The van der Waals surface area contributed by atoms with Gasteiger partial charge < -0.3 is 10.3 Å². The lowest BCUT2D eigenvalue weighted by Crippen LogP contribution is -2.31. The molecule has 0 bridgehead atoms. The molecule has 0 aliphatic rings. The SMILES string of the molecule is C[C@@H](CN[C@H](C(=O)c1c[nH]c2ccccc12)c1ccccc1)c1ccc(Cl)cc1. The summed E-state index contributed by atoms with van der Waals surface area (Å²) >= 11 is 6.01. The zero-order valence-corrected chi connectivity index (χ0v) is 17.0. The molecule has 0 amide bonds. The van der Waals surface area contributed by atoms with Crippen LogP contribution in [0.15, 0.2) is 85.1 Å². The van der Waals surface area contributed by atoms with Crippen LogP contribution in [0.1, 0.15) is 40.4 Å². The molecule has 0 saturated heterocycles. The van der Waals surface area contributed by atoms with E-state index in [0.717, 1.165) is 21.5 Å². The van der Waals surface area contributed by atoms with Crippen molar-refractivity contribution >= 4 is 28.3 Å². The fraction of sp³-hybridized carbons (Fsp3) is 0.160. The van der Waals surface area contributed by atoms with Gasteiger partial charge in [0.15, 0.2) is 5.78 Å². The Morgan fingerprint density at radius 2 is 1.62 bits per heavy atom. The van der Waals surface area contributed by atoms with E-state index in [1.165, 1.54) is 5.56 Å². The lowest BCUT2D eigenvalue weighted by Gasteiger charge is -2.21. The maximum absolute atomic E-state index is 13.5. The minimum Gasteiger partial charge on any atom is -0.360 e. The molecule has 1 aromatic heterocycles. The van der Waals surface area contributed by atoms with Crippen molar-refractivity contribution in [2.75, 3.05) is 6.54 Å². The zero-order valence-electron chi connectivity index (χ0n) is 16.2. The molecule has 0 unspecified atom stereocenters. The number of benzene rings is 3. The van der Waals surface area contributed by atoms with Gasteiger partial charge in [-0.3, -0.25) is 4.79 Å². The molecule has 0 radical (unpaired) electrons. The molecule has 4 heteroatoms. The molecule has 0 fully saturated rings. The van der Waals surface area contributed by atoms with E-state index in [9.17, 15) is 4.79 Å². The molecular formula is C25H23ClN2O.